The van der Waals surface area contributed by atoms with Crippen LogP contribution in [0.3, 0.4) is 0 Å². The average Bonchev–Trinajstić information content (AvgIpc) is 3.10. The first kappa shape index (κ1) is 20.2. The number of hydrogen-bond donors (Lipinski definition) is 0. The second kappa shape index (κ2) is 6.80. The van der Waals surface area contributed by atoms with Crippen LogP contribution in [0.2, 0.25) is 23.2 Å². The molecule has 2 heterocycles. The number of carbonyl (C=O) groups is 1. The van der Waals surface area contributed by atoms with Crippen LogP contribution in [0.15, 0.2) is 12.1 Å². The van der Waals surface area contributed by atoms with Crippen molar-refractivity contribution in [2.45, 2.75) is 64.4 Å². The fraction of sp³-hybridized carbons (Fsp3) is 0.600. The van der Waals surface area contributed by atoms with Crippen molar-refractivity contribution in [3.05, 3.63) is 28.3 Å². The van der Waals surface area contributed by atoms with Gasteiger partial charge in [-0.15, -0.1) is 0 Å². The van der Waals surface area contributed by atoms with E-state index in [-0.39, 0.29) is 23.2 Å². The van der Waals surface area contributed by atoms with Crippen molar-refractivity contribution < 1.29 is 9.22 Å². The Morgan fingerprint density at radius 2 is 2.00 bits per heavy atom. The number of nitriles is 1. The molecule has 2 fully saturated rings. The van der Waals surface area contributed by atoms with E-state index in [1.807, 2.05) is 17.9 Å². The first-order valence-electron chi connectivity index (χ1n) is 9.43. The standard InChI is InChI=1S/C20H28ClN3O2Si/c1-13-15(8-7-14(11-22)18(13)21)24-12-16-17(9-10-23(16)19(24)25)26-27(5,6)20(2,3)4/h7-8,16-17H,9-10,12H2,1-6H3/t16-,17+/m1/s1. The van der Waals surface area contributed by atoms with E-state index in [0.29, 0.717) is 17.1 Å². The number of benzene rings is 1. The Morgan fingerprint density at radius 1 is 1.33 bits per heavy atom. The fourth-order valence-electron chi connectivity index (χ4n) is 3.65. The van der Waals surface area contributed by atoms with Crippen molar-refractivity contribution in [2.75, 3.05) is 18.0 Å². The largest absolute Gasteiger partial charge is 0.412 e. The summed E-state index contributed by atoms with van der Waals surface area (Å²) in [6.07, 6.45) is 0.971. The van der Waals surface area contributed by atoms with Gasteiger partial charge in [0, 0.05) is 12.2 Å². The van der Waals surface area contributed by atoms with Gasteiger partial charge in [0.1, 0.15) is 6.07 Å². The number of rotatable bonds is 3. The third kappa shape index (κ3) is 3.37. The molecule has 5 nitrogen and oxygen atoms in total. The highest BCUT2D eigenvalue weighted by atomic mass is 35.5. The van der Waals surface area contributed by atoms with E-state index >= 15 is 0 Å². The van der Waals surface area contributed by atoms with Crippen molar-refractivity contribution in [3.63, 3.8) is 0 Å². The Hall–Kier alpha value is -1.55. The van der Waals surface area contributed by atoms with Crippen LogP contribution < -0.4 is 4.90 Å². The summed E-state index contributed by atoms with van der Waals surface area (Å²) in [6.45, 7) is 14.4. The molecule has 0 radical (unpaired) electrons. The van der Waals surface area contributed by atoms with Crippen LogP contribution in [0.1, 0.15) is 38.3 Å². The Morgan fingerprint density at radius 3 is 2.59 bits per heavy atom. The van der Waals surface area contributed by atoms with E-state index < -0.39 is 8.32 Å². The SMILES string of the molecule is Cc1c(N2C[C@@H]3[C@@H](O[Si](C)(C)C(C)(C)C)CCN3C2=O)ccc(C#N)c1Cl. The topological polar surface area (TPSA) is 56.6 Å². The molecule has 1 aromatic carbocycles. The van der Waals surface area contributed by atoms with Crippen LogP contribution in [0.5, 0.6) is 0 Å². The number of nitrogens with zero attached hydrogens (tertiary/aromatic N) is 3. The highest BCUT2D eigenvalue weighted by Gasteiger charge is 2.50. The van der Waals surface area contributed by atoms with E-state index in [1.165, 1.54) is 0 Å². The molecular formula is C20H28ClN3O2Si. The maximum Gasteiger partial charge on any atom is 0.324 e. The van der Waals surface area contributed by atoms with Crippen molar-refractivity contribution in [1.82, 2.24) is 4.90 Å². The van der Waals surface area contributed by atoms with E-state index in [2.05, 4.69) is 39.9 Å². The third-order valence-electron chi connectivity index (χ3n) is 6.35. The maximum atomic E-state index is 13.0. The predicted octanol–water partition coefficient (Wildman–Crippen LogP) is 4.92. The lowest BCUT2D eigenvalue weighted by Crippen LogP contribution is -2.47. The number of halogens is 1. The molecule has 0 spiro atoms. The summed E-state index contributed by atoms with van der Waals surface area (Å²) in [5, 5.41) is 9.71. The Bertz CT molecular complexity index is 813. The minimum absolute atomic E-state index is 0.00482. The zero-order valence-electron chi connectivity index (χ0n) is 17.0. The summed E-state index contributed by atoms with van der Waals surface area (Å²) in [5.41, 5.74) is 1.99. The molecule has 2 atom stereocenters. The van der Waals surface area contributed by atoms with Crippen molar-refractivity contribution in [3.8, 4) is 6.07 Å². The van der Waals surface area contributed by atoms with Crippen LogP contribution in [0.4, 0.5) is 10.5 Å². The van der Waals surface area contributed by atoms with Crippen molar-refractivity contribution in [2.24, 2.45) is 0 Å². The minimum Gasteiger partial charge on any atom is -0.412 e. The molecule has 0 aliphatic carbocycles. The zero-order chi connectivity index (χ0) is 20.1. The van der Waals surface area contributed by atoms with Crippen LogP contribution >= 0.6 is 11.6 Å². The summed E-state index contributed by atoms with van der Waals surface area (Å²) in [5.74, 6) is 0. The summed E-state index contributed by atoms with van der Waals surface area (Å²) < 4.78 is 6.65. The van der Waals surface area contributed by atoms with Gasteiger partial charge >= 0.3 is 6.03 Å². The molecule has 27 heavy (non-hydrogen) atoms. The molecule has 1 aromatic rings. The molecule has 0 N–H and O–H groups in total. The lowest BCUT2D eigenvalue weighted by molar-refractivity contribution is 0.150. The van der Waals surface area contributed by atoms with Gasteiger partial charge in [-0.1, -0.05) is 32.4 Å². The lowest BCUT2D eigenvalue weighted by Gasteiger charge is -2.39. The van der Waals surface area contributed by atoms with Gasteiger partial charge in [-0.2, -0.15) is 5.26 Å². The van der Waals surface area contributed by atoms with E-state index in [0.717, 1.165) is 24.2 Å². The van der Waals surface area contributed by atoms with E-state index in [1.54, 1.807) is 11.0 Å². The fourth-order valence-corrected chi connectivity index (χ4v) is 5.23. The second-order valence-corrected chi connectivity index (χ2v) is 14.2. The second-order valence-electron chi connectivity index (χ2n) is 9.04. The molecule has 0 bridgehead atoms. The van der Waals surface area contributed by atoms with Crippen LogP contribution in [0, 0.1) is 18.3 Å². The average molecular weight is 406 g/mol. The Kier molecular flexibility index (Phi) is 5.09. The van der Waals surface area contributed by atoms with Gasteiger partial charge in [-0.3, -0.25) is 4.90 Å². The van der Waals surface area contributed by atoms with Gasteiger partial charge in [0.25, 0.3) is 0 Å². The van der Waals surface area contributed by atoms with Gasteiger partial charge in [0.05, 0.1) is 29.3 Å². The highest BCUT2D eigenvalue weighted by Crippen LogP contribution is 2.41. The zero-order valence-corrected chi connectivity index (χ0v) is 18.7. The molecule has 0 unspecified atom stereocenters. The lowest BCUT2D eigenvalue weighted by atomic mass is 10.1. The normalized spacial score (nSPS) is 23.0. The molecule has 2 aliphatic rings. The van der Waals surface area contributed by atoms with Gasteiger partial charge in [0.2, 0.25) is 0 Å². The number of hydrogen-bond acceptors (Lipinski definition) is 3. The van der Waals surface area contributed by atoms with Crippen molar-refractivity contribution in [1.29, 1.82) is 5.26 Å². The van der Waals surface area contributed by atoms with Gasteiger partial charge in [-0.05, 0) is 49.2 Å². The van der Waals surface area contributed by atoms with E-state index in [9.17, 15) is 4.79 Å². The van der Waals surface area contributed by atoms with Crippen LogP contribution in [-0.2, 0) is 4.43 Å². The third-order valence-corrected chi connectivity index (χ3v) is 11.3. The quantitative estimate of drug-likeness (QED) is 0.670. The monoisotopic (exact) mass is 405 g/mol. The highest BCUT2D eigenvalue weighted by molar-refractivity contribution is 6.74. The van der Waals surface area contributed by atoms with Gasteiger partial charge in [-0.25, -0.2) is 4.79 Å². The minimum atomic E-state index is -1.90. The summed E-state index contributed by atoms with van der Waals surface area (Å²) >= 11 is 6.32. The van der Waals surface area contributed by atoms with Gasteiger partial charge in [0.15, 0.2) is 8.32 Å². The Labute approximate surface area is 168 Å². The number of fused-ring (bicyclic) bond motifs is 1. The number of carbonyl (C=O) groups excluding carboxylic acids is 1. The van der Waals surface area contributed by atoms with Crippen molar-refractivity contribution >= 4 is 31.6 Å². The molecule has 3 rings (SSSR count). The molecule has 2 amide bonds. The summed E-state index contributed by atoms with van der Waals surface area (Å²) in [6, 6.07) is 5.67. The molecular weight excluding hydrogens is 378 g/mol. The smallest absolute Gasteiger partial charge is 0.324 e. The number of urea groups is 1. The number of anilines is 1. The molecule has 146 valence electrons. The van der Waals surface area contributed by atoms with E-state index in [4.69, 9.17) is 21.3 Å². The molecule has 7 heteroatoms. The van der Waals surface area contributed by atoms with Crippen LogP contribution in [-0.4, -0.2) is 44.5 Å². The molecule has 0 aromatic heterocycles. The first-order chi connectivity index (χ1) is 12.5. The molecule has 2 aliphatic heterocycles. The van der Waals surface area contributed by atoms with Crippen LogP contribution in [0.25, 0.3) is 0 Å². The Balaban J connectivity index is 1.84. The number of amides is 2. The molecule has 0 saturated carbocycles. The maximum absolute atomic E-state index is 13.0. The first-order valence-corrected chi connectivity index (χ1v) is 12.7. The summed E-state index contributed by atoms with van der Waals surface area (Å²) in [4.78, 5) is 16.7. The van der Waals surface area contributed by atoms with Gasteiger partial charge < -0.3 is 9.33 Å². The molecule has 2 saturated heterocycles. The predicted molar refractivity (Wildman–Crippen MR) is 111 cm³/mol. The summed E-state index contributed by atoms with van der Waals surface area (Å²) in [7, 11) is -1.90.